The number of aliphatic hydroxyl groups excluding tert-OH is 1. The molecule has 0 aromatic rings. The minimum Gasteiger partial charge on any atom is -0.389 e. The van der Waals surface area contributed by atoms with Crippen LogP contribution < -0.4 is 0 Å². The summed E-state index contributed by atoms with van der Waals surface area (Å²) in [5, 5.41) is 8.92. The van der Waals surface area contributed by atoms with Gasteiger partial charge in [-0.3, -0.25) is 0 Å². The standard InChI is InChI=1S/C6H8O2/c1-2-6-5(7)3-4-8-6/h1,5-7H,3-4H2. The molecular formula is C6H8O2. The van der Waals surface area contributed by atoms with Gasteiger partial charge in [0.05, 0.1) is 12.7 Å². The van der Waals surface area contributed by atoms with Crippen molar-refractivity contribution in [3.05, 3.63) is 0 Å². The molecule has 1 N–H and O–H groups in total. The largest absolute Gasteiger partial charge is 0.389 e. The third-order valence-electron chi connectivity index (χ3n) is 1.22. The Balaban J connectivity index is 2.45. The molecule has 0 amide bonds. The minimum absolute atomic E-state index is 0.352. The fraction of sp³-hybridized carbons (Fsp3) is 0.667. The molecule has 2 unspecified atom stereocenters. The highest BCUT2D eigenvalue weighted by atomic mass is 16.5. The highest BCUT2D eigenvalue weighted by Crippen LogP contribution is 2.11. The van der Waals surface area contributed by atoms with Crippen LogP contribution >= 0.6 is 0 Å². The highest BCUT2D eigenvalue weighted by Gasteiger charge is 2.23. The van der Waals surface area contributed by atoms with Crippen molar-refractivity contribution in [1.82, 2.24) is 0 Å². The van der Waals surface area contributed by atoms with Crippen molar-refractivity contribution in [2.75, 3.05) is 6.61 Å². The molecule has 0 aromatic carbocycles. The summed E-state index contributed by atoms with van der Waals surface area (Å²) in [5.74, 6) is 2.34. The fourth-order valence-corrected chi connectivity index (χ4v) is 0.737. The van der Waals surface area contributed by atoms with Crippen LogP contribution in [0.25, 0.3) is 0 Å². The van der Waals surface area contributed by atoms with Gasteiger partial charge >= 0.3 is 0 Å². The zero-order chi connectivity index (χ0) is 5.98. The summed E-state index contributed by atoms with van der Waals surface area (Å²) in [5.41, 5.74) is 0. The fourth-order valence-electron chi connectivity index (χ4n) is 0.737. The lowest BCUT2D eigenvalue weighted by molar-refractivity contribution is 0.0812. The molecule has 2 heteroatoms. The summed E-state index contributed by atoms with van der Waals surface area (Å²) in [6, 6.07) is 0. The summed E-state index contributed by atoms with van der Waals surface area (Å²) in [6.45, 7) is 0.593. The van der Waals surface area contributed by atoms with Gasteiger partial charge in [0.2, 0.25) is 0 Å². The number of hydrogen-bond donors (Lipinski definition) is 1. The molecule has 1 aliphatic heterocycles. The van der Waals surface area contributed by atoms with Crippen molar-refractivity contribution < 1.29 is 9.84 Å². The Kier molecular flexibility index (Phi) is 1.52. The highest BCUT2D eigenvalue weighted by molar-refractivity contribution is 5.00. The number of rotatable bonds is 0. The van der Waals surface area contributed by atoms with E-state index in [-0.39, 0.29) is 6.10 Å². The molecule has 0 aromatic heterocycles. The van der Waals surface area contributed by atoms with Gasteiger partial charge in [0, 0.05) is 6.42 Å². The topological polar surface area (TPSA) is 29.5 Å². The van der Waals surface area contributed by atoms with Gasteiger partial charge in [0.15, 0.2) is 0 Å². The van der Waals surface area contributed by atoms with Gasteiger partial charge in [0.25, 0.3) is 0 Å². The normalized spacial score (nSPS) is 37.0. The van der Waals surface area contributed by atoms with Crippen molar-refractivity contribution in [1.29, 1.82) is 0 Å². The average Bonchev–Trinajstić information content (AvgIpc) is 2.14. The number of terminal acetylenes is 1. The number of ether oxygens (including phenoxy) is 1. The van der Waals surface area contributed by atoms with Crippen LogP contribution in [0, 0.1) is 12.3 Å². The third-order valence-corrected chi connectivity index (χ3v) is 1.22. The molecular weight excluding hydrogens is 104 g/mol. The molecule has 2 nitrogen and oxygen atoms in total. The molecule has 0 saturated carbocycles. The second-order valence-electron chi connectivity index (χ2n) is 1.81. The number of aliphatic hydroxyl groups is 1. The lowest BCUT2D eigenvalue weighted by Crippen LogP contribution is -2.17. The van der Waals surface area contributed by atoms with Crippen LogP contribution in [0.5, 0.6) is 0 Å². The van der Waals surface area contributed by atoms with Gasteiger partial charge in [-0.05, 0) is 0 Å². The molecule has 1 rings (SSSR count). The van der Waals surface area contributed by atoms with Gasteiger partial charge in [-0.15, -0.1) is 6.42 Å². The summed E-state index contributed by atoms with van der Waals surface area (Å²) in [6.07, 6.45) is 4.88. The molecule has 0 bridgehead atoms. The van der Waals surface area contributed by atoms with E-state index in [0.717, 1.165) is 0 Å². The van der Waals surface area contributed by atoms with Crippen LogP contribution in [0.15, 0.2) is 0 Å². The minimum atomic E-state index is -0.431. The summed E-state index contributed by atoms with van der Waals surface area (Å²) < 4.78 is 4.93. The van der Waals surface area contributed by atoms with Crippen molar-refractivity contribution >= 4 is 0 Å². The van der Waals surface area contributed by atoms with E-state index in [9.17, 15) is 0 Å². The van der Waals surface area contributed by atoms with Crippen molar-refractivity contribution in [2.24, 2.45) is 0 Å². The maximum absolute atomic E-state index is 8.92. The van der Waals surface area contributed by atoms with Gasteiger partial charge < -0.3 is 9.84 Å². The second-order valence-corrected chi connectivity index (χ2v) is 1.81. The predicted octanol–water partition coefficient (Wildman–Crippen LogP) is -0.231. The Bertz CT molecular complexity index is 114. The van der Waals surface area contributed by atoms with Crippen LogP contribution in [0.3, 0.4) is 0 Å². The van der Waals surface area contributed by atoms with E-state index in [1.165, 1.54) is 0 Å². The lowest BCUT2D eigenvalue weighted by atomic mass is 10.2. The summed E-state index contributed by atoms with van der Waals surface area (Å²) in [4.78, 5) is 0. The average molecular weight is 112 g/mol. The Morgan fingerprint density at radius 2 is 2.50 bits per heavy atom. The van der Waals surface area contributed by atoms with Crippen LogP contribution in [0.1, 0.15) is 6.42 Å². The molecule has 1 aliphatic rings. The van der Waals surface area contributed by atoms with E-state index < -0.39 is 6.10 Å². The van der Waals surface area contributed by atoms with Crippen LogP contribution in [0.4, 0.5) is 0 Å². The quantitative estimate of drug-likeness (QED) is 0.438. The van der Waals surface area contributed by atoms with E-state index >= 15 is 0 Å². The van der Waals surface area contributed by atoms with Gasteiger partial charge in [-0.25, -0.2) is 0 Å². The van der Waals surface area contributed by atoms with E-state index in [0.29, 0.717) is 13.0 Å². The van der Waals surface area contributed by atoms with E-state index in [1.807, 2.05) is 0 Å². The third kappa shape index (κ3) is 0.835. The van der Waals surface area contributed by atoms with Crippen molar-refractivity contribution in [3.63, 3.8) is 0 Å². The molecule has 2 atom stereocenters. The van der Waals surface area contributed by atoms with Gasteiger partial charge in [-0.2, -0.15) is 0 Å². The first-order valence-corrected chi connectivity index (χ1v) is 2.60. The maximum atomic E-state index is 8.92. The molecule has 8 heavy (non-hydrogen) atoms. The first kappa shape index (κ1) is 5.61. The lowest BCUT2D eigenvalue weighted by Gasteiger charge is -2.02. The van der Waals surface area contributed by atoms with E-state index in [1.54, 1.807) is 0 Å². The van der Waals surface area contributed by atoms with E-state index in [2.05, 4.69) is 5.92 Å². The Morgan fingerprint density at radius 1 is 1.75 bits per heavy atom. The Hall–Kier alpha value is -0.520. The van der Waals surface area contributed by atoms with Crippen molar-refractivity contribution in [2.45, 2.75) is 18.6 Å². The zero-order valence-corrected chi connectivity index (χ0v) is 4.50. The second kappa shape index (κ2) is 2.17. The molecule has 0 aliphatic carbocycles. The summed E-state index contributed by atoms with van der Waals surface area (Å²) in [7, 11) is 0. The first-order chi connectivity index (χ1) is 3.84. The Labute approximate surface area is 48.5 Å². The molecule has 0 spiro atoms. The molecule has 1 saturated heterocycles. The van der Waals surface area contributed by atoms with Gasteiger partial charge in [-0.1, -0.05) is 5.92 Å². The molecule has 1 heterocycles. The molecule has 44 valence electrons. The monoisotopic (exact) mass is 112 g/mol. The molecule has 1 fully saturated rings. The van der Waals surface area contributed by atoms with Gasteiger partial charge in [0.1, 0.15) is 6.10 Å². The van der Waals surface area contributed by atoms with Crippen LogP contribution in [-0.4, -0.2) is 23.9 Å². The van der Waals surface area contributed by atoms with Crippen molar-refractivity contribution in [3.8, 4) is 12.3 Å². The molecule has 0 radical (unpaired) electrons. The van der Waals surface area contributed by atoms with E-state index in [4.69, 9.17) is 16.3 Å². The smallest absolute Gasteiger partial charge is 0.143 e. The predicted molar refractivity (Wildman–Crippen MR) is 29.2 cm³/mol. The maximum Gasteiger partial charge on any atom is 0.143 e. The van der Waals surface area contributed by atoms with Crippen LogP contribution in [-0.2, 0) is 4.74 Å². The summed E-state index contributed by atoms with van der Waals surface area (Å²) >= 11 is 0. The SMILES string of the molecule is C#CC1OCCC1O. The zero-order valence-electron chi connectivity index (χ0n) is 4.50. The first-order valence-electron chi connectivity index (χ1n) is 2.60. The van der Waals surface area contributed by atoms with Crippen LogP contribution in [0.2, 0.25) is 0 Å². The number of hydrogen-bond acceptors (Lipinski definition) is 2. The Morgan fingerprint density at radius 3 is 2.75 bits per heavy atom.